The lowest BCUT2D eigenvalue weighted by molar-refractivity contribution is -0.134. The fourth-order valence-electron chi connectivity index (χ4n) is 3.28. The van der Waals surface area contributed by atoms with Crippen LogP contribution in [0.3, 0.4) is 0 Å². The predicted octanol–water partition coefficient (Wildman–Crippen LogP) is 4.20. The average molecular weight is 440 g/mol. The van der Waals surface area contributed by atoms with E-state index in [1.807, 2.05) is 12.1 Å². The number of ketones is 3. The Morgan fingerprint density at radius 1 is 0.667 bits per heavy atom. The summed E-state index contributed by atoms with van der Waals surface area (Å²) in [6, 6.07) is 26.4. The van der Waals surface area contributed by atoms with Gasteiger partial charge in [-0.2, -0.15) is 0 Å². The molecule has 5 heteroatoms. The summed E-state index contributed by atoms with van der Waals surface area (Å²) in [5, 5.41) is 19.8. The van der Waals surface area contributed by atoms with Crippen LogP contribution in [-0.4, -0.2) is 27.6 Å². The summed E-state index contributed by atoms with van der Waals surface area (Å²) < 4.78 is 0. The Morgan fingerprint density at radius 3 is 1.67 bits per heavy atom. The second-order valence-electron chi connectivity index (χ2n) is 7.38. The number of benzene rings is 3. The number of Topliss-reactive ketones (excluding diaryl/α,β-unsaturated/α-hetero) is 2. The molecule has 0 amide bonds. The number of aliphatic hydroxyl groups excluding tert-OH is 2. The lowest BCUT2D eigenvalue weighted by Crippen LogP contribution is -2.27. The van der Waals surface area contributed by atoms with Crippen molar-refractivity contribution >= 4 is 17.3 Å². The Kier molecular flexibility index (Phi) is 8.36. The zero-order valence-electron chi connectivity index (χ0n) is 17.8. The lowest BCUT2D eigenvalue weighted by atomic mass is 9.89. The van der Waals surface area contributed by atoms with E-state index in [-0.39, 0.29) is 11.6 Å². The molecule has 0 saturated carbocycles. The molecule has 3 unspecified atom stereocenters. The first kappa shape index (κ1) is 23.7. The molecule has 5 nitrogen and oxygen atoms in total. The van der Waals surface area contributed by atoms with Crippen molar-refractivity contribution in [3.8, 4) is 0 Å². The highest BCUT2D eigenvalue weighted by atomic mass is 16.3. The van der Waals surface area contributed by atoms with Gasteiger partial charge in [-0.1, -0.05) is 109 Å². The topological polar surface area (TPSA) is 91.7 Å². The van der Waals surface area contributed by atoms with Gasteiger partial charge >= 0.3 is 0 Å². The van der Waals surface area contributed by atoms with E-state index in [1.165, 1.54) is 12.2 Å². The van der Waals surface area contributed by atoms with Gasteiger partial charge in [-0.15, -0.1) is 0 Å². The maximum Gasteiger partial charge on any atom is 0.195 e. The SMILES string of the molecule is O=C(c1ccccc1)C(O)c1ccccc1.O=C1C=CC=CC1C(=O)C(O)c1ccccc1. The van der Waals surface area contributed by atoms with Crippen LogP contribution < -0.4 is 0 Å². The first-order valence-electron chi connectivity index (χ1n) is 10.5. The molecule has 0 radical (unpaired) electrons. The number of allylic oxidation sites excluding steroid dienone is 4. The Hall–Kier alpha value is -3.93. The van der Waals surface area contributed by atoms with Crippen LogP contribution in [0.4, 0.5) is 0 Å². The summed E-state index contributed by atoms with van der Waals surface area (Å²) in [5.41, 5.74) is 1.66. The van der Waals surface area contributed by atoms with Gasteiger partial charge in [0.25, 0.3) is 0 Å². The molecule has 0 saturated heterocycles. The molecule has 0 bridgehead atoms. The molecule has 1 aliphatic carbocycles. The maximum absolute atomic E-state index is 12.0. The fourth-order valence-corrected chi connectivity index (χ4v) is 3.28. The molecule has 3 atom stereocenters. The van der Waals surface area contributed by atoms with Crippen LogP contribution in [0.2, 0.25) is 0 Å². The number of aliphatic hydroxyl groups is 2. The maximum atomic E-state index is 12.0. The van der Waals surface area contributed by atoms with Gasteiger partial charge in [0.15, 0.2) is 17.3 Å². The second-order valence-corrected chi connectivity index (χ2v) is 7.38. The van der Waals surface area contributed by atoms with Crippen LogP contribution in [0.25, 0.3) is 0 Å². The molecular weight excluding hydrogens is 416 g/mol. The van der Waals surface area contributed by atoms with E-state index in [9.17, 15) is 24.6 Å². The van der Waals surface area contributed by atoms with Crippen molar-refractivity contribution in [2.45, 2.75) is 12.2 Å². The molecule has 3 aromatic rings. The molecule has 1 aliphatic rings. The number of hydrogen-bond donors (Lipinski definition) is 2. The van der Waals surface area contributed by atoms with Gasteiger partial charge in [0.1, 0.15) is 18.1 Å². The van der Waals surface area contributed by atoms with Gasteiger partial charge in [0.2, 0.25) is 0 Å². The van der Waals surface area contributed by atoms with Gasteiger partial charge in [-0.05, 0) is 17.2 Å². The van der Waals surface area contributed by atoms with Crippen molar-refractivity contribution in [2.24, 2.45) is 5.92 Å². The van der Waals surface area contributed by atoms with Gasteiger partial charge in [-0.3, -0.25) is 14.4 Å². The summed E-state index contributed by atoms with van der Waals surface area (Å²) in [7, 11) is 0. The summed E-state index contributed by atoms with van der Waals surface area (Å²) in [6.07, 6.45) is 3.75. The number of rotatable bonds is 6. The van der Waals surface area contributed by atoms with E-state index in [1.54, 1.807) is 91.0 Å². The zero-order valence-corrected chi connectivity index (χ0v) is 17.8. The first-order chi connectivity index (χ1) is 16.0. The standard InChI is InChI=1S/C14H12O3.C14H12O2/c15-12-9-5-4-8-11(12)14(17)13(16)10-6-2-1-3-7-10;15-13(11-7-3-1-4-8-11)14(16)12-9-5-2-6-10-12/h1-9,11,13,16H;1-10,13,15H. The quantitative estimate of drug-likeness (QED) is 0.443. The van der Waals surface area contributed by atoms with E-state index in [4.69, 9.17) is 0 Å². The average Bonchev–Trinajstić information content (AvgIpc) is 2.89. The van der Waals surface area contributed by atoms with Crippen molar-refractivity contribution in [2.75, 3.05) is 0 Å². The molecule has 2 N–H and O–H groups in total. The van der Waals surface area contributed by atoms with E-state index in [0.29, 0.717) is 16.7 Å². The lowest BCUT2D eigenvalue weighted by Gasteiger charge is -2.15. The first-order valence-corrected chi connectivity index (χ1v) is 10.5. The minimum Gasteiger partial charge on any atom is -0.381 e. The molecule has 0 aromatic heterocycles. The molecule has 3 aromatic carbocycles. The molecular formula is C28H24O5. The number of hydrogen-bond acceptors (Lipinski definition) is 5. The van der Waals surface area contributed by atoms with Gasteiger partial charge < -0.3 is 10.2 Å². The van der Waals surface area contributed by atoms with Crippen LogP contribution in [0, 0.1) is 5.92 Å². The summed E-state index contributed by atoms with van der Waals surface area (Å²) in [6.45, 7) is 0. The number of carbonyl (C=O) groups excluding carboxylic acids is 3. The zero-order chi connectivity index (χ0) is 23.6. The van der Waals surface area contributed by atoms with Gasteiger partial charge in [0.05, 0.1) is 0 Å². The van der Waals surface area contributed by atoms with E-state index >= 15 is 0 Å². The van der Waals surface area contributed by atoms with E-state index < -0.39 is 23.9 Å². The van der Waals surface area contributed by atoms with Crippen molar-refractivity contribution < 1.29 is 24.6 Å². The molecule has 0 aliphatic heterocycles. The third kappa shape index (κ3) is 6.29. The summed E-state index contributed by atoms with van der Waals surface area (Å²) >= 11 is 0. The normalized spacial score (nSPS) is 16.3. The Balaban J connectivity index is 0.000000186. The van der Waals surface area contributed by atoms with E-state index in [2.05, 4.69) is 0 Å². The minimum absolute atomic E-state index is 0.271. The minimum atomic E-state index is -1.25. The highest BCUT2D eigenvalue weighted by Crippen LogP contribution is 2.21. The highest BCUT2D eigenvalue weighted by molar-refractivity contribution is 6.11. The van der Waals surface area contributed by atoms with Crippen molar-refractivity contribution in [3.63, 3.8) is 0 Å². The monoisotopic (exact) mass is 440 g/mol. The molecule has 4 rings (SSSR count). The van der Waals surface area contributed by atoms with Crippen molar-refractivity contribution in [1.29, 1.82) is 0 Å². The molecule has 166 valence electrons. The van der Waals surface area contributed by atoms with Crippen molar-refractivity contribution in [3.05, 3.63) is 132 Å². The largest absolute Gasteiger partial charge is 0.381 e. The van der Waals surface area contributed by atoms with Crippen LogP contribution in [-0.2, 0) is 9.59 Å². The van der Waals surface area contributed by atoms with Crippen LogP contribution in [0.1, 0.15) is 33.7 Å². The third-order valence-electron chi connectivity index (χ3n) is 5.09. The Bertz CT molecular complexity index is 1130. The summed E-state index contributed by atoms with van der Waals surface area (Å²) in [5.74, 6) is -1.91. The Labute approximate surface area is 192 Å². The van der Waals surface area contributed by atoms with E-state index in [0.717, 1.165) is 0 Å². The highest BCUT2D eigenvalue weighted by Gasteiger charge is 2.29. The van der Waals surface area contributed by atoms with Gasteiger partial charge in [-0.25, -0.2) is 0 Å². The molecule has 0 fully saturated rings. The molecule has 0 spiro atoms. The van der Waals surface area contributed by atoms with Crippen LogP contribution in [0.5, 0.6) is 0 Å². The number of carbonyl (C=O) groups is 3. The smallest absolute Gasteiger partial charge is 0.195 e. The van der Waals surface area contributed by atoms with Crippen LogP contribution in [0.15, 0.2) is 115 Å². The molecule has 0 heterocycles. The van der Waals surface area contributed by atoms with Crippen LogP contribution >= 0.6 is 0 Å². The predicted molar refractivity (Wildman–Crippen MR) is 125 cm³/mol. The summed E-state index contributed by atoms with van der Waals surface area (Å²) in [4.78, 5) is 35.3. The Morgan fingerprint density at radius 2 is 1.15 bits per heavy atom. The fraction of sp³-hybridized carbons (Fsp3) is 0.107. The molecule has 33 heavy (non-hydrogen) atoms. The van der Waals surface area contributed by atoms with Crippen molar-refractivity contribution in [1.82, 2.24) is 0 Å². The second kappa shape index (κ2) is 11.6. The third-order valence-corrected chi connectivity index (χ3v) is 5.09. The van der Waals surface area contributed by atoms with Gasteiger partial charge in [0, 0.05) is 5.56 Å².